The topological polar surface area (TPSA) is 0 Å². The van der Waals surface area contributed by atoms with Crippen LogP contribution in [0.4, 0.5) is 0 Å². The fraction of sp³-hybridized carbons (Fsp3) is 0.385. The Labute approximate surface area is 370 Å². The summed E-state index contributed by atoms with van der Waals surface area (Å²) in [7, 11) is 0. The Balaban J connectivity index is 0.000000347. The number of hydrogen-bond donors (Lipinski definition) is 0. The number of benzene rings is 4. The molecule has 0 spiro atoms. The van der Waals surface area contributed by atoms with E-state index in [1.807, 2.05) is 0 Å². The first kappa shape index (κ1) is 49.9. The van der Waals surface area contributed by atoms with Crippen molar-refractivity contribution in [2.45, 2.75) is 119 Å². The van der Waals surface area contributed by atoms with Crippen LogP contribution in [0.3, 0.4) is 0 Å². The van der Waals surface area contributed by atoms with Gasteiger partial charge in [-0.3, -0.25) is 0 Å². The minimum absolute atomic E-state index is 0. The Morgan fingerprint density at radius 2 is 0.750 bits per heavy atom. The van der Waals surface area contributed by atoms with E-state index >= 15 is 0 Å². The molecule has 6 aromatic rings. The van der Waals surface area contributed by atoms with E-state index in [-0.39, 0.29) is 39.7 Å². The summed E-state index contributed by atoms with van der Waals surface area (Å²) in [4.78, 5) is 0. The Kier molecular flexibility index (Phi) is 20.9. The molecule has 0 N–H and O–H groups in total. The van der Waals surface area contributed by atoms with Crippen molar-refractivity contribution >= 4 is 53.2 Å². The molecule has 8 rings (SSSR count). The van der Waals surface area contributed by atoms with Crippen LogP contribution < -0.4 is 0 Å². The molecule has 2 saturated carbocycles. The summed E-state index contributed by atoms with van der Waals surface area (Å²) < 4.78 is 0. The van der Waals surface area contributed by atoms with Gasteiger partial charge in [0.25, 0.3) is 0 Å². The van der Waals surface area contributed by atoms with Crippen LogP contribution in [0.25, 0.3) is 43.8 Å². The summed E-state index contributed by atoms with van der Waals surface area (Å²) in [5, 5.41) is 5.70. The molecule has 4 heteroatoms. The van der Waals surface area contributed by atoms with E-state index in [0.717, 1.165) is 11.8 Å². The van der Waals surface area contributed by atoms with E-state index in [0.29, 0.717) is 0 Å². The van der Waals surface area contributed by atoms with Gasteiger partial charge in [0.15, 0.2) is 0 Å². The number of aryl methyl sites for hydroxylation is 6. The first-order valence-electron chi connectivity index (χ1n) is 20.0. The normalized spacial score (nSPS) is 14.2. The van der Waals surface area contributed by atoms with E-state index in [9.17, 15) is 0 Å². The predicted octanol–water partition coefficient (Wildman–Crippen LogP) is 15.9. The van der Waals surface area contributed by atoms with Crippen molar-refractivity contribution in [1.82, 2.24) is 0 Å². The van der Waals surface area contributed by atoms with Crippen molar-refractivity contribution in [2.75, 3.05) is 0 Å². The zero-order valence-electron chi connectivity index (χ0n) is 35.5. The average molecular weight is 881 g/mol. The molecule has 2 aliphatic carbocycles. The summed E-state index contributed by atoms with van der Waals surface area (Å²) in [6.07, 6.45) is 16.8. The van der Waals surface area contributed by atoms with Crippen LogP contribution in [0, 0.1) is 68.2 Å². The molecular weight excluding hydrogens is 815 g/mol. The molecule has 0 bridgehead atoms. The zero-order chi connectivity index (χ0) is 36.8. The molecule has 2 radical (unpaired) electrons. The molecular formula is C52H66Cl2SiZr-4. The fourth-order valence-corrected chi connectivity index (χ4v) is 9.49. The average Bonchev–Trinajstić information content (AvgIpc) is 3.71. The van der Waals surface area contributed by atoms with Gasteiger partial charge in [0.2, 0.25) is 0 Å². The molecule has 0 saturated heterocycles. The molecule has 6 aromatic carbocycles. The van der Waals surface area contributed by atoms with Gasteiger partial charge in [-0.05, 0) is 77.3 Å². The monoisotopic (exact) mass is 878 g/mol. The van der Waals surface area contributed by atoms with E-state index in [2.05, 4.69) is 133 Å². The number of fused-ring (bicyclic) bond motifs is 2. The Bertz CT molecular complexity index is 1930. The second kappa shape index (κ2) is 23.4. The summed E-state index contributed by atoms with van der Waals surface area (Å²) in [5.74, 6) is 1.80. The van der Waals surface area contributed by atoms with Gasteiger partial charge in [-0.1, -0.05) is 157 Å². The van der Waals surface area contributed by atoms with Crippen LogP contribution in [0.1, 0.15) is 109 Å². The van der Waals surface area contributed by atoms with E-state index in [4.69, 9.17) is 0 Å². The molecule has 0 heterocycles. The van der Waals surface area contributed by atoms with Crippen molar-refractivity contribution in [3.63, 3.8) is 0 Å². The predicted molar refractivity (Wildman–Crippen MR) is 252 cm³/mol. The number of hydrogen-bond acceptors (Lipinski definition) is 0. The fourth-order valence-electron chi connectivity index (χ4n) is 9.49. The van der Waals surface area contributed by atoms with Crippen LogP contribution in [0.2, 0.25) is 0 Å². The van der Waals surface area contributed by atoms with Crippen LogP contribution in [0.15, 0.2) is 84.9 Å². The van der Waals surface area contributed by atoms with Crippen molar-refractivity contribution in [1.29, 1.82) is 0 Å². The van der Waals surface area contributed by atoms with Gasteiger partial charge in [-0.2, -0.15) is 12.1 Å². The van der Waals surface area contributed by atoms with Gasteiger partial charge < -0.3 is 14.9 Å². The summed E-state index contributed by atoms with van der Waals surface area (Å²) in [6.45, 7) is 16.3. The summed E-state index contributed by atoms with van der Waals surface area (Å²) in [6, 6.07) is 33.1. The van der Waals surface area contributed by atoms with Crippen molar-refractivity contribution in [2.24, 2.45) is 11.8 Å². The van der Waals surface area contributed by atoms with Gasteiger partial charge in [-0.25, -0.2) is 0 Å². The molecule has 0 aliphatic heterocycles. The maximum atomic E-state index is 3.06. The van der Waals surface area contributed by atoms with Crippen molar-refractivity contribution in [3.05, 3.63) is 144 Å². The van der Waals surface area contributed by atoms with Gasteiger partial charge in [0, 0.05) is 0 Å². The van der Waals surface area contributed by atoms with Crippen LogP contribution in [-0.4, -0.2) is 6.88 Å². The Morgan fingerprint density at radius 3 is 1.07 bits per heavy atom. The van der Waals surface area contributed by atoms with Crippen molar-refractivity contribution in [3.8, 4) is 22.3 Å². The molecule has 0 nitrogen and oxygen atoms in total. The molecule has 2 aliphatic rings. The third-order valence-corrected chi connectivity index (χ3v) is 11.6. The summed E-state index contributed by atoms with van der Waals surface area (Å²) >= 11 is 1.36. The summed E-state index contributed by atoms with van der Waals surface area (Å²) in [5.41, 5.74) is 16.7. The molecule has 0 unspecified atom stereocenters. The number of halogens is 2. The van der Waals surface area contributed by atoms with Gasteiger partial charge in [0.05, 0.1) is 0 Å². The van der Waals surface area contributed by atoms with E-state index in [1.54, 1.807) is 0 Å². The SMILES string of the molecule is Cc1cc(C)cc(-c2cc(C)cc3[cH-]c(CC4CCCCC4)cc23)c1.Cc1cc(C)cc(-c2cc(C)cc3[cH-]c(CC4CCCCC4)cc23)c1.Cl.Cl.[CH3-].[CH3-].[Si]=[Zr]. The first-order valence-corrected chi connectivity index (χ1v) is 24.2. The Morgan fingerprint density at radius 1 is 0.446 bits per heavy atom. The molecule has 2 fully saturated rings. The van der Waals surface area contributed by atoms with Crippen LogP contribution in [0.5, 0.6) is 0 Å². The van der Waals surface area contributed by atoms with Crippen molar-refractivity contribution < 1.29 is 23.3 Å². The van der Waals surface area contributed by atoms with E-state index in [1.165, 1.54) is 189 Å². The number of rotatable bonds is 6. The van der Waals surface area contributed by atoms with Gasteiger partial charge in [-0.15, -0.1) is 81.8 Å². The molecule has 56 heavy (non-hydrogen) atoms. The second-order valence-corrected chi connectivity index (χ2v) is 16.5. The quantitative estimate of drug-likeness (QED) is 0.115. The van der Waals surface area contributed by atoms with Gasteiger partial charge in [0.1, 0.15) is 0 Å². The molecule has 0 aromatic heterocycles. The molecule has 0 amide bonds. The Hall–Kier alpha value is -2.22. The third kappa shape index (κ3) is 12.9. The van der Waals surface area contributed by atoms with Crippen LogP contribution in [-0.2, 0) is 36.2 Å². The third-order valence-electron chi connectivity index (χ3n) is 11.6. The maximum absolute atomic E-state index is 3.06. The molecule has 0 atom stereocenters. The minimum atomic E-state index is 0. The zero-order valence-corrected chi connectivity index (χ0v) is 40.6. The first-order chi connectivity index (χ1) is 25.2. The molecule has 300 valence electrons. The standard InChI is InChI=1S/2C25H29.2CH3.2ClH.Si.Zr/c2*1-17-9-18(2)11-22(10-17)24-13-19(3)12-23-15-21(16-25(23)24)14-20-7-5-4-6-8-20;;;;;;/h2*9-13,15-16,20H,4-8,14H2,1-3H3;2*1H3;2*1H;;/q4*-1;;;;. The van der Waals surface area contributed by atoms with Crippen LogP contribution >= 0.6 is 24.8 Å². The second-order valence-electron chi connectivity index (χ2n) is 16.5. The van der Waals surface area contributed by atoms with Gasteiger partial charge >= 0.3 is 30.2 Å². The van der Waals surface area contributed by atoms with E-state index < -0.39 is 0 Å².